The normalized spacial score (nSPS) is 17.9. The van der Waals surface area contributed by atoms with Crippen molar-refractivity contribution in [2.24, 2.45) is 5.92 Å². The van der Waals surface area contributed by atoms with Crippen molar-refractivity contribution in [3.05, 3.63) is 70.4 Å². The minimum absolute atomic E-state index is 0.0306. The molecular formula is C37H47ClN4O6S. The molecule has 2 aromatic carbocycles. The number of β-amino-alcohol motifs (C(OH)–C–C–N with tert-alkyl or cyclic N) is 1. The Labute approximate surface area is 297 Å². The molecule has 49 heavy (non-hydrogen) atoms. The number of nitrogens with zero attached hydrogens (tertiary/aromatic N) is 3. The summed E-state index contributed by atoms with van der Waals surface area (Å²) in [6, 6.07) is 11.7. The highest BCUT2D eigenvalue weighted by Crippen LogP contribution is 2.33. The fourth-order valence-corrected chi connectivity index (χ4v) is 7.49. The first-order valence-corrected chi connectivity index (χ1v) is 18.6. The van der Waals surface area contributed by atoms with E-state index >= 15 is 0 Å². The Morgan fingerprint density at radius 2 is 1.86 bits per heavy atom. The van der Waals surface area contributed by atoms with Gasteiger partial charge in [-0.15, -0.1) is 22.9 Å². The molecule has 3 atom stereocenters. The van der Waals surface area contributed by atoms with Crippen LogP contribution in [-0.4, -0.2) is 88.0 Å². The van der Waals surface area contributed by atoms with E-state index in [0.717, 1.165) is 52.9 Å². The van der Waals surface area contributed by atoms with Crippen LogP contribution in [0.2, 0.25) is 0 Å². The number of carbonyl (C=O) groups excluding carboxylic acids is 3. The number of hydrogen-bond acceptors (Lipinski definition) is 8. The number of hydrogen-bond donors (Lipinski definition) is 2. The molecule has 3 aromatic rings. The van der Waals surface area contributed by atoms with Gasteiger partial charge in [0.2, 0.25) is 11.8 Å². The van der Waals surface area contributed by atoms with Crippen molar-refractivity contribution < 1.29 is 29.0 Å². The summed E-state index contributed by atoms with van der Waals surface area (Å²) in [7, 11) is 0. The van der Waals surface area contributed by atoms with Gasteiger partial charge < -0.3 is 29.7 Å². The number of thiazole rings is 1. The van der Waals surface area contributed by atoms with Crippen LogP contribution in [0.15, 0.2) is 48.0 Å². The van der Waals surface area contributed by atoms with Gasteiger partial charge in [0, 0.05) is 56.3 Å². The zero-order valence-corrected chi connectivity index (χ0v) is 30.1. The molecule has 3 heterocycles. The number of alkyl halides is 1. The summed E-state index contributed by atoms with van der Waals surface area (Å²) in [6.07, 6.45) is 2.85. The number of aliphatic hydroxyl groups is 1. The molecule has 1 saturated heterocycles. The van der Waals surface area contributed by atoms with Gasteiger partial charge in [-0.3, -0.25) is 14.4 Å². The van der Waals surface area contributed by atoms with Gasteiger partial charge in [0.1, 0.15) is 17.8 Å². The van der Waals surface area contributed by atoms with Crippen LogP contribution in [0, 0.1) is 12.8 Å². The number of aryl methyl sites for hydroxylation is 1. The van der Waals surface area contributed by atoms with Gasteiger partial charge in [0.25, 0.3) is 5.91 Å². The standard InChI is InChI=1S/C37H47ClN4O6S/c1-24(2)33(42-21-28-10-4-5-11-30(28)36(42)45)37(46)41-22-29(43)19-31(41)35(44)39-20-27-13-12-26(34-25(3)40-23-49-34)18-32(27)48-17-9-8-16-47-15-7-6-14-38/h4-5,10-13,18,23-24,29,31,33,43H,6-9,14-17,19-22H2,1-3H3,(H,39,44)/t29-,31+,33+/m1/s1. The maximum atomic E-state index is 14.1. The van der Waals surface area contributed by atoms with Crippen molar-refractivity contribution in [2.75, 3.05) is 32.2 Å². The van der Waals surface area contributed by atoms with Crippen LogP contribution in [0.4, 0.5) is 0 Å². The van der Waals surface area contributed by atoms with Crippen LogP contribution < -0.4 is 10.1 Å². The predicted octanol–water partition coefficient (Wildman–Crippen LogP) is 5.57. The Morgan fingerprint density at radius 1 is 1.10 bits per heavy atom. The van der Waals surface area contributed by atoms with Crippen LogP contribution in [0.25, 0.3) is 10.4 Å². The number of fused-ring (bicyclic) bond motifs is 1. The molecule has 5 rings (SSSR count). The lowest BCUT2D eigenvalue weighted by Gasteiger charge is -2.35. The van der Waals surface area contributed by atoms with Crippen molar-refractivity contribution in [2.45, 2.75) is 84.2 Å². The number of amides is 3. The zero-order chi connectivity index (χ0) is 34.9. The van der Waals surface area contributed by atoms with Crippen molar-refractivity contribution in [1.82, 2.24) is 20.1 Å². The van der Waals surface area contributed by atoms with E-state index in [1.165, 1.54) is 4.90 Å². The number of likely N-dealkylation sites (tertiary alicyclic amines) is 1. The van der Waals surface area contributed by atoms with Gasteiger partial charge in [-0.2, -0.15) is 0 Å². The number of ether oxygens (including phenoxy) is 2. The van der Waals surface area contributed by atoms with Crippen LogP contribution in [0.1, 0.15) is 73.1 Å². The second-order valence-electron chi connectivity index (χ2n) is 13.0. The third-order valence-corrected chi connectivity index (χ3v) is 10.3. The number of rotatable bonds is 17. The number of aromatic nitrogens is 1. The van der Waals surface area contributed by atoms with Crippen LogP contribution in [0.5, 0.6) is 5.75 Å². The fourth-order valence-electron chi connectivity index (χ4n) is 6.50. The lowest BCUT2D eigenvalue weighted by Crippen LogP contribution is -2.55. The molecular weight excluding hydrogens is 664 g/mol. The summed E-state index contributed by atoms with van der Waals surface area (Å²) in [6.45, 7) is 8.17. The van der Waals surface area contributed by atoms with Crippen LogP contribution >= 0.6 is 22.9 Å². The molecule has 12 heteroatoms. The topological polar surface area (TPSA) is 121 Å². The van der Waals surface area contributed by atoms with E-state index in [-0.39, 0.29) is 43.1 Å². The highest BCUT2D eigenvalue weighted by molar-refractivity contribution is 7.13. The molecule has 0 unspecified atom stereocenters. The Hall–Kier alpha value is -3.51. The average molecular weight is 711 g/mol. The average Bonchev–Trinajstić information content (AvgIpc) is 3.79. The minimum atomic E-state index is -0.864. The Kier molecular flexibility index (Phi) is 13.1. The van der Waals surface area contributed by atoms with Crippen molar-refractivity contribution in [1.29, 1.82) is 0 Å². The van der Waals surface area contributed by atoms with Gasteiger partial charge in [0.15, 0.2) is 0 Å². The largest absolute Gasteiger partial charge is 0.493 e. The molecule has 2 N–H and O–H groups in total. The summed E-state index contributed by atoms with van der Waals surface area (Å²) in [4.78, 5) is 49.6. The SMILES string of the molecule is Cc1ncsc1-c1ccc(CNC(=O)[C@@H]2C[C@@H](O)CN2C(=O)[C@H](C(C)C)N2Cc3ccccc3C2=O)c(OCCCCOCCCCCl)c1. The van der Waals surface area contributed by atoms with Crippen molar-refractivity contribution >= 4 is 40.7 Å². The second-order valence-corrected chi connectivity index (χ2v) is 14.3. The molecule has 1 aromatic heterocycles. The first-order valence-electron chi connectivity index (χ1n) is 17.1. The van der Waals surface area contributed by atoms with Gasteiger partial charge in [-0.25, -0.2) is 4.98 Å². The summed E-state index contributed by atoms with van der Waals surface area (Å²) in [5.41, 5.74) is 6.01. The maximum absolute atomic E-state index is 14.1. The summed E-state index contributed by atoms with van der Waals surface area (Å²) < 4.78 is 11.9. The smallest absolute Gasteiger partial charge is 0.255 e. The number of nitrogens with one attached hydrogen (secondary N) is 1. The maximum Gasteiger partial charge on any atom is 0.255 e. The molecule has 0 bridgehead atoms. The van der Waals surface area contributed by atoms with E-state index in [9.17, 15) is 19.5 Å². The van der Waals surface area contributed by atoms with Crippen molar-refractivity contribution in [3.8, 4) is 16.2 Å². The number of halogens is 1. The van der Waals surface area contributed by atoms with E-state index in [0.29, 0.717) is 43.6 Å². The molecule has 0 radical (unpaired) electrons. The highest BCUT2D eigenvalue weighted by Gasteiger charge is 2.45. The third kappa shape index (κ3) is 9.00. The molecule has 0 spiro atoms. The van der Waals surface area contributed by atoms with Gasteiger partial charge in [0.05, 0.1) is 28.8 Å². The first kappa shape index (κ1) is 36.8. The minimum Gasteiger partial charge on any atom is -0.493 e. The molecule has 2 aliphatic heterocycles. The molecule has 1 fully saturated rings. The first-order chi connectivity index (χ1) is 23.7. The summed E-state index contributed by atoms with van der Waals surface area (Å²) in [5.74, 6) is 0.235. The van der Waals surface area contributed by atoms with E-state index in [2.05, 4.69) is 10.3 Å². The number of unbranched alkanes of at least 4 members (excludes halogenated alkanes) is 2. The third-order valence-electron chi connectivity index (χ3n) is 9.08. The molecule has 0 saturated carbocycles. The van der Waals surface area contributed by atoms with Gasteiger partial charge in [-0.1, -0.05) is 44.2 Å². The summed E-state index contributed by atoms with van der Waals surface area (Å²) in [5, 5.41) is 13.6. The van der Waals surface area contributed by atoms with E-state index in [4.69, 9.17) is 21.1 Å². The predicted molar refractivity (Wildman–Crippen MR) is 191 cm³/mol. The number of carbonyl (C=O) groups is 3. The van der Waals surface area contributed by atoms with E-state index in [1.807, 2.05) is 62.7 Å². The molecule has 3 amide bonds. The quantitative estimate of drug-likeness (QED) is 0.139. The fraction of sp³-hybridized carbons (Fsp3) is 0.514. The van der Waals surface area contributed by atoms with E-state index in [1.54, 1.807) is 22.3 Å². The second kappa shape index (κ2) is 17.4. The van der Waals surface area contributed by atoms with Crippen LogP contribution in [-0.2, 0) is 27.4 Å². The molecule has 2 aliphatic rings. The number of benzene rings is 2. The summed E-state index contributed by atoms with van der Waals surface area (Å²) >= 11 is 7.29. The Bertz CT molecular complexity index is 1600. The monoisotopic (exact) mass is 710 g/mol. The highest BCUT2D eigenvalue weighted by atomic mass is 35.5. The van der Waals surface area contributed by atoms with Gasteiger partial charge in [-0.05, 0) is 61.8 Å². The number of aliphatic hydroxyl groups excluding tert-OH is 1. The van der Waals surface area contributed by atoms with Crippen LogP contribution in [0.3, 0.4) is 0 Å². The van der Waals surface area contributed by atoms with Crippen molar-refractivity contribution in [3.63, 3.8) is 0 Å². The molecule has 264 valence electrons. The lowest BCUT2D eigenvalue weighted by molar-refractivity contribution is -0.143. The Morgan fingerprint density at radius 3 is 2.57 bits per heavy atom. The van der Waals surface area contributed by atoms with E-state index < -0.39 is 18.2 Å². The van der Waals surface area contributed by atoms with Gasteiger partial charge >= 0.3 is 0 Å². The zero-order valence-electron chi connectivity index (χ0n) is 28.5. The lowest BCUT2D eigenvalue weighted by atomic mass is 10.0. The molecule has 10 nitrogen and oxygen atoms in total. The molecule has 0 aliphatic carbocycles. The Balaban J connectivity index is 1.24.